The van der Waals surface area contributed by atoms with Crippen molar-refractivity contribution in [1.29, 1.82) is 0 Å². The van der Waals surface area contributed by atoms with Crippen molar-refractivity contribution in [3.05, 3.63) is 29.3 Å². The van der Waals surface area contributed by atoms with Crippen molar-refractivity contribution in [2.24, 2.45) is 0 Å². The molecule has 0 aromatic heterocycles. The summed E-state index contributed by atoms with van der Waals surface area (Å²) >= 11 is 0. The second-order valence-corrected chi connectivity index (χ2v) is 2.95. The van der Waals surface area contributed by atoms with Gasteiger partial charge in [0.1, 0.15) is 5.75 Å². The molecule has 0 saturated carbocycles. The van der Waals surface area contributed by atoms with Gasteiger partial charge in [0.15, 0.2) is 0 Å². The fraction of sp³-hybridized carbons (Fsp3) is 0.500. The highest BCUT2D eigenvalue weighted by Gasteiger charge is 2.13. The van der Waals surface area contributed by atoms with Crippen molar-refractivity contribution in [2.45, 2.75) is 33.1 Å². The summed E-state index contributed by atoms with van der Waals surface area (Å²) < 4.78 is 5.26. The largest absolute Gasteiger partial charge is 0.496 e. The summed E-state index contributed by atoms with van der Waals surface area (Å²) in [7, 11) is 1.74. The van der Waals surface area contributed by atoms with Crippen LogP contribution in [0, 0.1) is 0 Å². The third-order valence-electron chi connectivity index (χ3n) is 2.32. The quantitative estimate of drug-likeness (QED) is 0.641. The van der Waals surface area contributed by atoms with Crippen LogP contribution in [0.25, 0.3) is 0 Å². The minimum Gasteiger partial charge on any atom is -0.496 e. The van der Waals surface area contributed by atoms with Gasteiger partial charge in [-0.25, -0.2) is 0 Å². The van der Waals surface area contributed by atoms with Gasteiger partial charge in [0.25, 0.3) is 0 Å². The Morgan fingerprint density at radius 3 is 2.62 bits per heavy atom. The monoisotopic (exact) mass is 178 g/mol. The summed E-state index contributed by atoms with van der Waals surface area (Å²) in [6, 6.07) is 6.32. The van der Waals surface area contributed by atoms with Crippen molar-refractivity contribution in [3.8, 4) is 5.75 Å². The Bertz CT molecular complexity index is 266. The first kappa shape index (κ1) is 10.1. The first-order chi connectivity index (χ1) is 6.42. The molecule has 1 aromatic rings. The van der Waals surface area contributed by atoms with E-state index in [2.05, 4.69) is 12.1 Å². The summed E-state index contributed by atoms with van der Waals surface area (Å²) in [6.07, 6.45) is 3.71. The molecule has 0 saturated heterocycles. The van der Waals surface area contributed by atoms with E-state index in [1.54, 1.807) is 7.11 Å². The molecule has 13 heavy (non-hydrogen) atoms. The van der Waals surface area contributed by atoms with Gasteiger partial charge in [-0.05, 0) is 36.5 Å². The van der Waals surface area contributed by atoms with Crippen molar-refractivity contribution < 1.29 is 4.74 Å². The summed E-state index contributed by atoms with van der Waals surface area (Å²) in [5.74, 6) is 1.07. The van der Waals surface area contributed by atoms with Gasteiger partial charge in [-0.15, -0.1) is 0 Å². The average Bonchev–Trinajstić information content (AvgIpc) is 2.68. The number of rotatable bonds is 1. The molecule has 1 nitrogen and oxygen atoms in total. The fourth-order valence-corrected chi connectivity index (χ4v) is 1.78. The first-order valence-electron chi connectivity index (χ1n) is 5.06. The Balaban J connectivity index is 0.000000396. The molecule has 0 fully saturated rings. The number of hydrogen-bond acceptors (Lipinski definition) is 1. The number of methoxy groups -OCH3 is 1. The number of fused-ring (bicyclic) bond motifs is 1. The number of ether oxygens (including phenoxy) is 1. The van der Waals surface area contributed by atoms with Crippen molar-refractivity contribution in [2.75, 3.05) is 7.11 Å². The average molecular weight is 178 g/mol. The van der Waals surface area contributed by atoms with Crippen molar-refractivity contribution in [1.82, 2.24) is 0 Å². The van der Waals surface area contributed by atoms with E-state index >= 15 is 0 Å². The van der Waals surface area contributed by atoms with Crippen LogP contribution in [0.3, 0.4) is 0 Å². The Labute approximate surface area is 80.7 Å². The lowest BCUT2D eigenvalue weighted by molar-refractivity contribution is 0.410. The number of hydrogen-bond donors (Lipinski definition) is 0. The Morgan fingerprint density at radius 1 is 1.15 bits per heavy atom. The van der Waals surface area contributed by atoms with Crippen LogP contribution < -0.4 is 4.74 Å². The van der Waals surface area contributed by atoms with Crippen LogP contribution in [0.4, 0.5) is 0 Å². The van der Waals surface area contributed by atoms with Crippen LogP contribution in [0.5, 0.6) is 5.75 Å². The van der Waals surface area contributed by atoms with Gasteiger partial charge >= 0.3 is 0 Å². The lowest BCUT2D eigenvalue weighted by atomic mass is 10.1. The molecule has 0 unspecified atom stereocenters. The van der Waals surface area contributed by atoms with E-state index < -0.39 is 0 Å². The molecule has 1 aliphatic rings. The highest BCUT2D eigenvalue weighted by atomic mass is 16.5. The van der Waals surface area contributed by atoms with Crippen molar-refractivity contribution in [3.63, 3.8) is 0 Å². The zero-order valence-electron chi connectivity index (χ0n) is 8.76. The lowest BCUT2D eigenvalue weighted by Crippen LogP contribution is -1.89. The highest BCUT2D eigenvalue weighted by molar-refractivity contribution is 5.42. The van der Waals surface area contributed by atoms with Crippen LogP contribution in [-0.4, -0.2) is 7.11 Å². The molecule has 1 heteroatoms. The number of benzene rings is 1. The molecular formula is C12H18O. The predicted molar refractivity (Wildman–Crippen MR) is 56.4 cm³/mol. The minimum absolute atomic E-state index is 1.07. The standard InChI is InChI=1S/C10H12O.C2H6/c1-11-10-7-3-5-8-4-2-6-9(8)10;1-2/h3,5,7H,2,4,6H2,1H3;1-2H3. The summed E-state index contributed by atoms with van der Waals surface area (Å²) in [5, 5.41) is 0. The van der Waals surface area contributed by atoms with Gasteiger partial charge in [-0.3, -0.25) is 0 Å². The van der Waals surface area contributed by atoms with E-state index in [1.165, 1.54) is 30.4 Å². The van der Waals surface area contributed by atoms with Gasteiger partial charge in [0.2, 0.25) is 0 Å². The van der Waals surface area contributed by atoms with Gasteiger partial charge in [-0.2, -0.15) is 0 Å². The van der Waals surface area contributed by atoms with E-state index in [-0.39, 0.29) is 0 Å². The minimum atomic E-state index is 1.07. The van der Waals surface area contributed by atoms with Crippen LogP contribution in [0.2, 0.25) is 0 Å². The summed E-state index contributed by atoms with van der Waals surface area (Å²) in [6.45, 7) is 4.00. The summed E-state index contributed by atoms with van der Waals surface area (Å²) in [4.78, 5) is 0. The molecule has 0 N–H and O–H groups in total. The van der Waals surface area contributed by atoms with E-state index in [0.717, 1.165) is 5.75 Å². The summed E-state index contributed by atoms with van der Waals surface area (Å²) in [5.41, 5.74) is 2.90. The van der Waals surface area contributed by atoms with Gasteiger partial charge < -0.3 is 4.74 Å². The Morgan fingerprint density at radius 2 is 1.92 bits per heavy atom. The van der Waals surface area contributed by atoms with E-state index in [0.29, 0.717) is 0 Å². The molecule has 0 spiro atoms. The fourth-order valence-electron chi connectivity index (χ4n) is 1.78. The first-order valence-corrected chi connectivity index (χ1v) is 5.06. The molecule has 0 bridgehead atoms. The maximum Gasteiger partial charge on any atom is 0.122 e. The molecule has 0 radical (unpaired) electrons. The lowest BCUT2D eigenvalue weighted by Gasteiger charge is -2.05. The maximum absolute atomic E-state index is 5.26. The SMILES string of the molecule is CC.COc1cccc2c1CCC2. The number of aryl methyl sites for hydroxylation is 1. The molecule has 2 rings (SSSR count). The van der Waals surface area contributed by atoms with E-state index in [9.17, 15) is 0 Å². The molecule has 0 atom stereocenters. The second kappa shape index (κ2) is 4.90. The molecule has 1 aliphatic carbocycles. The topological polar surface area (TPSA) is 9.23 Å². The van der Waals surface area contributed by atoms with Crippen molar-refractivity contribution >= 4 is 0 Å². The molecule has 72 valence electrons. The van der Waals surface area contributed by atoms with Gasteiger partial charge in [-0.1, -0.05) is 26.0 Å². The zero-order chi connectivity index (χ0) is 9.68. The van der Waals surface area contributed by atoms with Gasteiger partial charge in [0, 0.05) is 0 Å². The van der Waals surface area contributed by atoms with Crippen LogP contribution >= 0.6 is 0 Å². The molecule has 1 aromatic carbocycles. The molecule has 0 aliphatic heterocycles. The maximum atomic E-state index is 5.26. The van der Waals surface area contributed by atoms with Crippen LogP contribution in [-0.2, 0) is 12.8 Å². The Hall–Kier alpha value is -0.980. The third-order valence-corrected chi connectivity index (χ3v) is 2.32. The van der Waals surface area contributed by atoms with E-state index in [1.807, 2.05) is 19.9 Å². The molecule has 0 amide bonds. The normalized spacial score (nSPS) is 12.8. The zero-order valence-corrected chi connectivity index (χ0v) is 8.76. The Kier molecular flexibility index (Phi) is 3.81. The predicted octanol–water partition coefficient (Wildman–Crippen LogP) is 3.21. The second-order valence-electron chi connectivity index (χ2n) is 2.95. The van der Waals surface area contributed by atoms with E-state index in [4.69, 9.17) is 4.74 Å². The smallest absolute Gasteiger partial charge is 0.122 e. The van der Waals surface area contributed by atoms with Crippen LogP contribution in [0.15, 0.2) is 18.2 Å². The molecule has 0 heterocycles. The van der Waals surface area contributed by atoms with Gasteiger partial charge in [0.05, 0.1) is 7.11 Å². The van der Waals surface area contributed by atoms with Crippen LogP contribution in [0.1, 0.15) is 31.4 Å². The third kappa shape index (κ3) is 2.03. The highest BCUT2D eigenvalue weighted by Crippen LogP contribution is 2.29. The molecular weight excluding hydrogens is 160 g/mol.